The average molecular weight is 2040 g/mol. The van der Waals surface area contributed by atoms with Crippen LogP contribution in [0.5, 0.6) is 0 Å². The Morgan fingerprint density at radius 3 is 1.29 bits per heavy atom. The van der Waals surface area contributed by atoms with E-state index >= 15 is 17.6 Å². The monoisotopic (exact) mass is 2040 g/mol. The number of thioether (sulfide) groups is 2. The number of carbonyl (C=O) groups is 2. The number of piperidine rings is 2. The molecular formula is C105H116Cl2F4N13O11S5-. The normalized spacial score (nSPS) is 15.7. The van der Waals surface area contributed by atoms with Crippen molar-refractivity contribution in [3.05, 3.63) is 285 Å². The predicted octanol–water partition coefficient (Wildman–Crippen LogP) is 19.7. The fourth-order valence-corrected chi connectivity index (χ4v) is 23.2. The van der Waals surface area contributed by atoms with Crippen molar-refractivity contribution in [2.45, 2.75) is 117 Å². The van der Waals surface area contributed by atoms with Crippen molar-refractivity contribution in [1.29, 1.82) is 0 Å². The summed E-state index contributed by atoms with van der Waals surface area (Å²) in [6.07, 6.45) is 4.63. The number of halogens is 6. The Morgan fingerprint density at radius 2 is 0.900 bits per heavy atom. The molecule has 2 aromatic heterocycles. The van der Waals surface area contributed by atoms with Gasteiger partial charge in [-0.1, -0.05) is 83.9 Å². The number of piperazine rings is 2. The van der Waals surface area contributed by atoms with Crippen LogP contribution in [0.15, 0.2) is 238 Å². The molecule has 1 unspecified atom stereocenters. The van der Waals surface area contributed by atoms with Gasteiger partial charge in [0.15, 0.2) is 11.6 Å². The predicted molar refractivity (Wildman–Crippen MR) is 557 cm³/mol. The third kappa shape index (κ3) is 25.0. The molecule has 6 heterocycles. The molecule has 24 nitrogen and oxygen atoms in total. The lowest BCUT2D eigenvalue weighted by molar-refractivity contribution is -0.00558. The summed E-state index contributed by atoms with van der Waals surface area (Å²) in [4.78, 5) is 42.2. The van der Waals surface area contributed by atoms with E-state index in [1.165, 1.54) is 41.2 Å². The Kier molecular flexibility index (Phi) is 33.9. The Morgan fingerprint density at radius 1 is 0.514 bits per heavy atom. The van der Waals surface area contributed by atoms with Crippen LogP contribution in [-0.2, 0) is 50.0 Å². The summed E-state index contributed by atoms with van der Waals surface area (Å²) in [7, 11) is -3.22. The number of sulfonamides is 2. The standard InChI is InChI=1S/C53H59ClF2N6O5S2.C52H58ClF2N7O6S3/c1-35-33-43(19-21-45(35)57-40(34-68-42-9-7-6-8-10-42)23-26-60-27-24-53(3,64)25-28-60)69(65,66)58-39-15-17-41(18-16-39)61-29-31-62(32-30-61)46-22-20-44(55)48(50(46)56)49-47(52(63)67-5)36(2)59(4)51(49)37-11-13-38(54)14-12-37;1-34-31-43(17-19-45(34)57-39(32-69-42-7-5-4-6-8-42)21-24-60-25-22-41(63)23-26-60)71(67,68)58-38-13-15-40(16-14-38)61-27-29-62(30-28-61)46-20-18-44(54)48(50(46)55)49-47(52(64)56-33-70(65)66)35(2)59(3)51(49)36-9-11-37(53)12-10-36/h6-22,33,40,57-58,64H,23-32,34H2,1-5H3;4-20,31,39,41,57-58,63H,21-30,32-33H2,1-3H3,(H,56,64)(H,65,66)/p-1/t40-;39-/m11/s1. The molecule has 0 aliphatic carbocycles. The molecular weight excluding hydrogens is 1930 g/mol. The highest BCUT2D eigenvalue weighted by Gasteiger charge is 2.37. The second-order valence-electron chi connectivity index (χ2n) is 36.1. The highest BCUT2D eigenvalue weighted by molar-refractivity contribution is 7.99. The van der Waals surface area contributed by atoms with Crippen molar-refractivity contribution in [2.75, 3.05) is 156 Å². The van der Waals surface area contributed by atoms with Gasteiger partial charge in [-0.15, -0.1) is 23.5 Å². The summed E-state index contributed by atoms with van der Waals surface area (Å²) in [5.74, 6) is -3.89. The van der Waals surface area contributed by atoms with E-state index in [0.717, 1.165) is 123 Å². The number of hydrogen-bond acceptors (Lipinski definition) is 21. The molecule has 0 radical (unpaired) electrons. The van der Waals surface area contributed by atoms with Crippen molar-refractivity contribution in [1.82, 2.24) is 24.3 Å². The summed E-state index contributed by atoms with van der Waals surface area (Å²) < 4.78 is 158. The number of aliphatic hydroxyl groups is 2. The summed E-state index contributed by atoms with van der Waals surface area (Å²) in [5.41, 5.74) is 7.80. The van der Waals surface area contributed by atoms with E-state index in [1.54, 1.807) is 158 Å². The van der Waals surface area contributed by atoms with Gasteiger partial charge in [0, 0.05) is 206 Å². The fourth-order valence-electron chi connectivity index (χ4n) is 18.4. The van der Waals surface area contributed by atoms with Crippen LogP contribution in [0.1, 0.15) is 88.7 Å². The number of aliphatic hydroxyl groups excluding tert-OH is 1. The molecule has 4 aliphatic heterocycles. The molecule has 3 atom stereocenters. The summed E-state index contributed by atoms with van der Waals surface area (Å²) in [6, 6.07) is 64.0. The third-order valence-electron chi connectivity index (χ3n) is 26.6. The summed E-state index contributed by atoms with van der Waals surface area (Å²) in [5, 5.41) is 31.1. The lowest BCUT2D eigenvalue weighted by Crippen LogP contribution is -2.46. The number of esters is 1. The summed E-state index contributed by atoms with van der Waals surface area (Å²) >= 11 is 13.3. The Labute approximate surface area is 837 Å². The van der Waals surface area contributed by atoms with Crippen LogP contribution in [0.4, 0.5) is 63.1 Å². The van der Waals surface area contributed by atoms with Crippen LogP contribution in [-0.4, -0.2) is 207 Å². The maximum Gasteiger partial charge on any atom is 0.340 e. The van der Waals surface area contributed by atoms with Gasteiger partial charge in [0.2, 0.25) is 0 Å². The zero-order valence-corrected chi connectivity index (χ0v) is 84.8. The fraction of sp³-hybridized carbons (Fsp3) is 0.333. The smallest absolute Gasteiger partial charge is 0.340 e. The Bertz CT molecular complexity index is 6650. The number of rotatable bonds is 34. The van der Waals surface area contributed by atoms with Gasteiger partial charge < -0.3 is 74.0 Å². The minimum Gasteiger partial charge on any atom is -0.771 e. The number of aryl methyl sites for hydroxylation is 2. The van der Waals surface area contributed by atoms with Crippen molar-refractivity contribution in [3.8, 4) is 44.8 Å². The SMILES string of the molecule is COC(=O)c1c(-c2c(F)ccc(N3CCN(c4ccc(NS(=O)(=O)c5ccc(N[C@H](CCN6CCC(C)(O)CC6)CSc6ccccc6)c(C)c5)cc4)CC3)c2F)c(-c2ccc(Cl)cc2)n(C)c1C.Cc1cc(S(=O)(=O)Nc2ccc(N3CCN(c4ccc(F)c(-c5c(C(=O)NCS(=O)[O-])c(C)n(C)c5-c5ccc(Cl)cc5)c4F)CC3)cc2)ccc1N[C@H](CCN1CCC(O)CC1)CSc1ccccc1. The molecule has 7 N–H and O–H groups in total. The molecule has 0 spiro atoms. The molecule has 1 amide bonds. The van der Waals surface area contributed by atoms with Gasteiger partial charge in [-0.3, -0.25) is 18.4 Å². The van der Waals surface area contributed by atoms with Crippen molar-refractivity contribution in [2.24, 2.45) is 14.1 Å². The number of ether oxygens (including phenoxy) is 1. The van der Waals surface area contributed by atoms with E-state index in [2.05, 4.69) is 69.3 Å². The van der Waals surface area contributed by atoms with Gasteiger partial charge in [0.05, 0.1) is 79.5 Å². The molecule has 35 heteroatoms. The second kappa shape index (κ2) is 45.9. The molecule has 140 heavy (non-hydrogen) atoms. The van der Waals surface area contributed by atoms with Crippen LogP contribution in [0.2, 0.25) is 10.0 Å². The molecule has 16 rings (SSSR count). The average Bonchev–Trinajstić information content (AvgIpc) is 1.58. The zero-order valence-electron chi connectivity index (χ0n) is 79.2. The first kappa shape index (κ1) is 103. The van der Waals surface area contributed by atoms with Crippen LogP contribution in [0.3, 0.4) is 0 Å². The number of anilines is 8. The number of benzene rings is 10. The molecule has 4 fully saturated rings. The van der Waals surface area contributed by atoms with Gasteiger partial charge in [-0.2, -0.15) is 0 Å². The number of carbonyl (C=O) groups excluding carboxylic acids is 2. The maximum atomic E-state index is 17.0. The van der Waals surface area contributed by atoms with Crippen LogP contribution in [0, 0.1) is 51.0 Å². The van der Waals surface area contributed by atoms with E-state index in [9.17, 15) is 45.4 Å². The molecule has 0 saturated carbocycles. The topological polar surface area (TPSA) is 282 Å². The Hall–Kier alpha value is -11.1. The number of aromatic nitrogens is 2. The van der Waals surface area contributed by atoms with E-state index in [4.69, 9.17) is 27.9 Å². The van der Waals surface area contributed by atoms with Gasteiger partial charge in [-0.05, 0) is 264 Å². The van der Waals surface area contributed by atoms with Gasteiger partial charge in [0.1, 0.15) is 11.6 Å². The van der Waals surface area contributed by atoms with Gasteiger partial charge >= 0.3 is 5.97 Å². The molecule has 4 aliphatic rings. The maximum absolute atomic E-state index is 17.0. The molecule has 0 bridgehead atoms. The van der Waals surface area contributed by atoms with Gasteiger partial charge in [0.25, 0.3) is 26.0 Å². The van der Waals surface area contributed by atoms with E-state index in [0.29, 0.717) is 108 Å². The highest BCUT2D eigenvalue weighted by atomic mass is 35.5. The van der Waals surface area contributed by atoms with Crippen molar-refractivity contribution in [3.63, 3.8) is 0 Å². The summed E-state index contributed by atoms with van der Waals surface area (Å²) in [6.45, 7) is 17.8. The molecule has 4 saturated heterocycles. The quantitative estimate of drug-likeness (QED) is 0.00854. The second-order valence-corrected chi connectivity index (χ2v) is 43.4. The third-order valence-corrected chi connectivity index (χ3v) is 32.6. The van der Waals surface area contributed by atoms with E-state index in [1.807, 2.05) is 103 Å². The van der Waals surface area contributed by atoms with Crippen molar-refractivity contribution < 1.29 is 67.7 Å². The largest absolute Gasteiger partial charge is 0.771 e. The Balaban J connectivity index is 0.000000212. The number of nitrogens with zero attached hydrogens (tertiary/aromatic N) is 8. The van der Waals surface area contributed by atoms with Crippen molar-refractivity contribution >= 4 is 135 Å². The first-order chi connectivity index (χ1) is 67.1. The lowest BCUT2D eigenvalue weighted by atomic mass is 9.94. The number of hydrogen-bond donors (Lipinski definition) is 7. The molecule has 740 valence electrons. The zero-order chi connectivity index (χ0) is 99.4. The van der Waals surface area contributed by atoms with Gasteiger partial charge in [-0.25, -0.2) is 39.2 Å². The van der Waals surface area contributed by atoms with E-state index < -0.39 is 83.3 Å². The minimum absolute atomic E-state index is 0.0165. The first-order valence-electron chi connectivity index (χ1n) is 46.6. The highest BCUT2D eigenvalue weighted by Crippen LogP contribution is 2.47. The number of likely N-dealkylation sites (tertiary alicyclic amines) is 2. The number of nitrogens with one attached hydrogen (secondary N) is 5. The first-order valence-corrected chi connectivity index (χ1v) is 53.5. The number of methoxy groups -OCH3 is 1. The molecule has 12 aromatic rings. The molecule has 10 aromatic carbocycles. The van der Waals surface area contributed by atoms with Crippen LogP contribution in [0.25, 0.3) is 44.8 Å². The van der Waals surface area contributed by atoms with E-state index in [-0.39, 0.29) is 67.2 Å². The van der Waals surface area contributed by atoms with Crippen LogP contribution < -0.4 is 45.0 Å². The van der Waals surface area contributed by atoms with Crippen LogP contribution >= 0.6 is 46.7 Å². The minimum atomic E-state index is -3.94. The lowest BCUT2D eigenvalue weighted by Gasteiger charge is -2.37. The number of amides is 1.